The third kappa shape index (κ3) is 5.23. The van der Waals surface area contributed by atoms with E-state index in [-0.39, 0.29) is 11.8 Å². The van der Waals surface area contributed by atoms with Crippen LogP contribution in [0, 0.1) is 5.92 Å². The van der Waals surface area contributed by atoms with Crippen molar-refractivity contribution >= 4 is 11.8 Å². The Labute approximate surface area is 125 Å². The minimum absolute atomic E-state index is 0.127. The molecular formula is C15H25N3O3. The van der Waals surface area contributed by atoms with Crippen molar-refractivity contribution in [3.05, 3.63) is 24.9 Å². The molecule has 0 aromatic heterocycles. The van der Waals surface area contributed by atoms with Gasteiger partial charge in [0.2, 0.25) is 11.8 Å². The number of aliphatic hydroxyl groups excluding tert-OH is 1. The van der Waals surface area contributed by atoms with E-state index in [0.29, 0.717) is 31.6 Å². The minimum atomic E-state index is -0.780. The summed E-state index contributed by atoms with van der Waals surface area (Å²) >= 11 is 0. The van der Waals surface area contributed by atoms with Crippen molar-refractivity contribution in [2.75, 3.05) is 19.6 Å². The summed E-state index contributed by atoms with van der Waals surface area (Å²) in [5, 5.41) is 15.5. The smallest absolute Gasteiger partial charge is 0.246 e. The maximum absolute atomic E-state index is 11.9. The highest BCUT2D eigenvalue weighted by molar-refractivity contribution is 5.92. The molecule has 1 aliphatic rings. The van der Waals surface area contributed by atoms with E-state index < -0.39 is 12.1 Å². The van der Waals surface area contributed by atoms with Gasteiger partial charge in [-0.2, -0.15) is 0 Å². The van der Waals surface area contributed by atoms with Gasteiger partial charge in [0.1, 0.15) is 6.23 Å². The zero-order valence-electron chi connectivity index (χ0n) is 12.6. The highest BCUT2D eigenvalue weighted by atomic mass is 16.3. The molecule has 0 aromatic rings. The second-order valence-electron chi connectivity index (χ2n) is 5.26. The molecule has 2 atom stereocenters. The summed E-state index contributed by atoms with van der Waals surface area (Å²) in [7, 11) is 0. The highest BCUT2D eigenvalue weighted by Crippen LogP contribution is 2.22. The fraction of sp³-hybridized carbons (Fsp3) is 0.600. The van der Waals surface area contributed by atoms with Gasteiger partial charge in [0, 0.05) is 25.2 Å². The summed E-state index contributed by atoms with van der Waals surface area (Å²) in [6.45, 7) is 10.6. The van der Waals surface area contributed by atoms with E-state index in [1.54, 1.807) is 18.0 Å². The van der Waals surface area contributed by atoms with Gasteiger partial charge < -0.3 is 20.6 Å². The van der Waals surface area contributed by atoms with Crippen LogP contribution in [0.5, 0.6) is 0 Å². The van der Waals surface area contributed by atoms with Gasteiger partial charge >= 0.3 is 0 Å². The largest absolute Gasteiger partial charge is 0.373 e. The van der Waals surface area contributed by atoms with Crippen LogP contribution in [0.1, 0.15) is 26.2 Å². The van der Waals surface area contributed by atoms with Crippen LogP contribution in [0.25, 0.3) is 0 Å². The normalized spacial score (nSPS) is 21.0. The van der Waals surface area contributed by atoms with Gasteiger partial charge in [0.05, 0.1) is 5.92 Å². The Bertz CT molecular complexity index is 409. The summed E-state index contributed by atoms with van der Waals surface area (Å²) in [5.74, 6) is -0.665. The van der Waals surface area contributed by atoms with Crippen molar-refractivity contribution in [3.63, 3.8) is 0 Å². The number of nitrogens with zero attached hydrogens (tertiary/aromatic N) is 1. The number of hydrogen-bond acceptors (Lipinski definition) is 4. The van der Waals surface area contributed by atoms with Crippen LogP contribution >= 0.6 is 0 Å². The van der Waals surface area contributed by atoms with E-state index in [9.17, 15) is 14.7 Å². The molecule has 0 aliphatic carbocycles. The molecule has 0 spiro atoms. The molecule has 21 heavy (non-hydrogen) atoms. The molecule has 3 N–H and O–H groups in total. The number of nitrogens with one attached hydrogen (secondary N) is 2. The predicted molar refractivity (Wildman–Crippen MR) is 81.1 cm³/mol. The lowest BCUT2D eigenvalue weighted by molar-refractivity contribution is -0.129. The van der Waals surface area contributed by atoms with E-state index in [0.717, 1.165) is 12.8 Å². The first kappa shape index (κ1) is 17.2. The molecular weight excluding hydrogens is 270 g/mol. The Morgan fingerprint density at radius 2 is 1.95 bits per heavy atom. The number of hydrogen-bond donors (Lipinski definition) is 3. The molecule has 2 amide bonds. The molecule has 2 unspecified atom stereocenters. The third-order valence-corrected chi connectivity index (χ3v) is 3.55. The van der Waals surface area contributed by atoms with Crippen LogP contribution in [-0.4, -0.2) is 47.7 Å². The lowest BCUT2D eigenvalue weighted by atomic mass is 10.1. The number of unbranched alkanes of at least 4 members (excludes halogenated alkanes) is 1. The molecule has 0 bridgehead atoms. The Balaban J connectivity index is 2.13. The van der Waals surface area contributed by atoms with Crippen molar-refractivity contribution in [2.24, 2.45) is 5.92 Å². The minimum Gasteiger partial charge on any atom is -0.373 e. The van der Waals surface area contributed by atoms with E-state index in [1.165, 1.54) is 0 Å². The lowest BCUT2D eigenvalue weighted by Crippen LogP contribution is -2.39. The molecule has 1 fully saturated rings. The number of likely N-dealkylation sites (tertiary alicyclic amines) is 1. The number of carbonyl (C=O) groups is 2. The fourth-order valence-electron chi connectivity index (χ4n) is 2.21. The van der Waals surface area contributed by atoms with Gasteiger partial charge in [-0.15, -0.1) is 0 Å². The summed E-state index contributed by atoms with van der Waals surface area (Å²) in [6.07, 6.45) is 2.97. The summed E-state index contributed by atoms with van der Waals surface area (Å²) in [4.78, 5) is 24.8. The molecule has 0 radical (unpaired) electrons. The van der Waals surface area contributed by atoms with E-state index in [4.69, 9.17) is 0 Å². The maximum Gasteiger partial charge on any atom is 0.246 e. The number of carbonyl (C=O) groups excluding carboxylic acids is 2. The predicted octanol–water partition coefficient (Wildman–Crippen LogP) is 0.359. The van der Waals surface area contributed by atoms with Crippen LogP contribution < -0.4 is 10.6 Å². The highest BCUT2D eigenvalue weighted by Gasteiger charge is 2.35. The molecule has 1 aliphatic heterocycles. The van der Waals surface area contributed by atoms with Crippen molar-refractivity contribution in [1.82, 2.24) is 15.5 Å². The van der Waals surface area contributed by atoms with Gasteiger partial charge in [-0.3, -0.25) is 9.59 Å². The van der Waals surface area contributed by atoms with E-state index in [1.807, 2.05) is 0 Å². The third-order valence-electron chi connectivity index (χ3n) is 3.55. The summed E-state index contributed by atoms with van der Waals surface area (Å²) < 4.78 is 0. The number of rotatable bonds is 8. The Hall–Kier alpha value is -1.82. The molecule has 1 heterocycles. The Kier molecular flexibility index (Phi) is 6.94. The van der Waals surface area contributed by atoms with E-state index in [2.05, 4.69) is 23.8 Å². The molecule has 6 nitrogen and oxygen atoms in total. The molecule has 1 saturated heterocycles. The standard InChI is InChI=1S/C15H25N3O3/c1-4-18-10-7-12(15(18)21)14(20)17-9-6-5-8-16-13(19)11(2)3/h4,12,15,21H,1-2,5-10H2,3H3,(H,16,19)(H,17,20). The van der Waals surface area contributed by atoms with Crippen molar-refractivity contribution < 1.29 is 14.7 Å². The second-order valence-corrected chi connectivity index (χ2v) is 5.26. The molecule has 118 valence electrons. The van der Waals surface area contributed by atoms with Gasteiger partial charge in [0.15, 0.2) is 0 Å². The Morgan fingerprint density at radius 1 is 1.33 bits per heavy atom. The summed E-state index contributed by atoms with van der Waals surface area (Å²) in [5.41, 5.74) is 0.491. The van der Waals surface area contributed by atoms with Gasteiger partial charge in [-0.05, 0) is 32.4 Å². The second kappa shape index (κ2) is 8.46. The monoisotopic (exact) mass is 295 g/mol. The SMILES string of the molecule is C=CN1CCC(C(=O)NCCCCNC(=O)C(=C)C)C1O. The van der Waals surface area contributed by atoms with Crippen molar-refractivity contribution in [2.45, 2.75) is 32.4 Å². The molecule has 0 aromatic carbocycles. The van der Waals surface area contributed by atoms with Crippen LogP contribution in [0.2, 0.25) is 0 Å². The van der Waals surface area contributed by atoms with Crippen LogP contribution in [0.4, 0.5) is 0 Å². The molecule has 6 heteroatoms. The average molecular weight is 295 g/mol. The summed E-state index contributed by atoms with van der Waals surface area (Å²) in [6, 6.07) is 0. The first-order valence-electron chi connectivity index (χ1n) is 7.25. The van der Waals surface area contributed by atoms with Crippen LogP contribution in [-0.2, 0) is 9.59 Å². The first-order valence-corrected chi connectivity index (χ1v) is 7.25. The maximum atomic E-state index is 11.9. The molecule has 0 saturated carbocycles. The molecule has 1 rings (SSSR count). The van der Waals surface area contributed by atoms with Gasteiger partial charge in [-0.25, -0.2) is 0 Å². The average Bonchev–Trinajstić information content (AvgIpc) is 2.82. The van der Waals surface area contributed by atoms with Crippen LogP contribution in [0.3, 0.4) is 0 Å². The number of amides is 2. The van der Waals surface area contributed by atoms with Gasteiger partial charge in [0.25, 0.3) is 0 Å². The quantitative estimate of drug-likeness (QED) is 0.446. The first-order chi connectivity index (χ1) is 9.97. The fourth-order valence-corrected chi connectivity index (χ4v) is 2.21. The van der Waals surface area contributed by atoms with Crippen molar-refractivity contribution in [3.8, 4) is 0 Å². The zero-order valence-corrected chi connectivity index (χ0v) is 12.6. The zero-order chi connectivity index (χ0) is 15.8. The van der Waals surface area contributed by atoms with Gasteiger partial charge in [-0.1, -0.05) is 13.2 Å². The van der Waals surface area contributed by atoms with Crippen LogP contribution in [0.15, 0.2) is 24.9 Å². The Morgan fingerprint density at radius 3 is 2.48 bits per heavy atom. The lowest BCUT2D eigenvalue weighted by Gasteiger charge is -2.20. The number of aliphatic hydroxyl groups is 1. The van der Waals surface area contributed by atoms with Crippen molar-refractivity contribution in [1.29, 1.82) is 0 Å². The van der Waals surface area contributed by atoms with E-state index >= 15 is 0 Å². The topological polar surface area (TPSA) is 81.7 Å².